The molecule has 6 nitrogen and oxygen atoms in total. The van der Waals surface area contributed by atoms with E-state index in [9.17, 15) is 4.79 Å². The van der Waals surface area contributed by atoms with Gasteiger partial charge in [-0.1, -0.05) is 11.8 Å². The molecule has 0 atom stereocenters. The Morgan fingerprint density at radius 3 is 2.64 bits per heavy atom. The molecule has 0 N–H and O–H groups in total. The highest BCUT2D eigenvalue weighted by molar-refractivity contribution is 7.98. The van der Waals surface area contributed by atoms with Crippen molar-refractivity contribution in [1.82, 2.24) is 19.1 Å². The van der Waals surface area contributed by atoms with Crippen LogP contribution in [0.3, 0.4) is 0 Å². The molecule has 0 amide bonds. The molecule has 7 heteroatoms. The third-order valence-electron chi connectivity index (χ3n) is 3.39. The molecule has 3 aromatic rings. The summed E-state index contributed by atoms with van der Waals surface area (Å²) in [5.41, 5.74) is 1.97. The number of nitriles is 1. The minimum Gasteiger partial charge on any atom is -0.315 e. The van der Waals surface area contributed by atoms with Crippen LogP contribution >= 0.6 is 11.8 Å². The van der Waals surface area contributed by atoms with Crippen LogP contribution in [0.5, 0.6) is 0 Å². The summed E-state index contributed by atoms with van der Waals surface area (Å²) in [5, 5.41) is 9.47. The number of aromatic nitrogens is 4. The van der Waals surface area contributed by atoms with E-state index < -0.39 is 0 Å². The van der Waals surface area contributed by atoms with Gasteiger partial charge in [-0.25, -0.2) is 9.97 Å². The molecule has 22 heavy (non-hydrogen) atoms. The van der Waals surface area contributed by atoms with Crippen LogP contribution in [0.2, 0.25) is 0 Å². The van der Waals surface area contributed by atoms with Crippen LogP contribution in [-0.2, 0) is 6.54 Å². The van der Waals surface area contributed by atoms with Crippen LogP contribution in [0.15, 0.2) is 40.5 Å². The van der Waals surface area contributed by atoms with Crippen molar-refractivity contribution >= 4 is 22.9 Å². The van der Waals surface area contributed by atoms with Gasteiger partial charge in [0, 0.05) is 6.54 Å². The largest absolute Gasteiger partial charge is 0.315 e. The fraction of sp³-hybridized carbons (Fsp3) is 0.200. The number of thioether (sulfide) groups is 1. The zero-order valence-corrected chi connectivity index (χ0v) is 13.0. The lowest BCUT2D eigenvalue weighted by molar-refractivity contribution is 0.755. The van der Waals surface area contributed by atoms with Crippen LogP contribution in [-0.4, -0.2) is 25.4 Å². The lowest BCUT2D eigenvalue weighted by Crippen LogP contribution is -2.22. The maximum Gasteiger partial charge on any atom is 0.286 e. The summed E-state index contributed by atoms with van der Waals surface area (Å²) >= 11 is 1.40. The molecule has 1 aromatic carbocycles. The van der Waals surface area contributed by atoms with Gasteiger partial charge in [0.25, 0.3) is 5.56 Å². The summed E-state index contributed by atoms with van der Waals surface area (Å²) in [6, 6.07) is 8.91. The third kappa shape index (κ3) is 2.18. The Hall–Kier alpha value is -2.59. The predicted molar refractivity (Wildman–Crippen MR) is 85.3 cm³/mol. The van der Waals surface area contributed by atoms with Gasteiger partial charge in [0.05, 0.1) is 23.6 Å². The number of hydrogen-bond donors (Lipinski definition) is 0. The normalized spacial score (nSPS) is 10.8. The molecule has 3 rings (SSSR count). The van der Waals surface area contributed by atoms with Gasteiger partial charge in [0.1, 0.15) is 0 Å². The smallest absolute Gasteiger partial charge is 0.286 e. The number of nitrogens with zero attached hydrogens (tertiary/aromatic N) is 5. The zero-order chi connectivity index (χ0) is 15.7. The number of imidazole rings is 1. The van der Waals surface area contributed by atoms with Gasteiger partial charge in [0.2, 0.25) is 0 Å². The van der Waals surface area contributed by atoms with Crippen molar-refractivity contribution in [3.63, 3.8) is 0 Å². The quantitative estimate of drug-likeness (QED) is 0.547. The summed E-state index contributed by atoms with van der Waals surface area (Å²) in [4.78, 5) is 21.5. The first-order valence-corrected chi connectivity index (χ1v) is 7.94. The van der Waals surface area contributed by atoms with Crippen molar-refractivity contribution in [3.05, 3.63) is 46.5 Å². The van der Waals surface area contributed by atoms with Gasteiger partial charge in [-0.3, -0.25) is 9.36 Å². The van der Waals surface area contributed by atoms with Gasteiger partial charge < -0.3 is 4.57 Å². The molecule has 0 saturated carbocycles. The molecule has 0 spiro atoms. The van der Waals surface area contributed by atoms with Crippen molar-refractivity contribution < 1.29 is 0 Å². The van der Waals surface area contributed by atoms with E-state index in [0.29, 0.717) is 34.1 Å². The minimum atomic E-state index is -0.203. The molecule has 0 unspecified atom stereocenters. The molecule has 2 heterocycles. The summed E-state index contributed by atoms with van der Waals surface area (Å²) < 4.78 is 3.38. The fourth-order valence-electron chi connectivity index (χ4n) is 2.26. The lowest BCUT2D eigenvalue weighted by Gasteiger charge is -2.10. The Labute approximate surface area is 131 Å². The first kappa shape index (κ1) is 14.4. The number of hydrogen-bond acceptors (Lipinski definition) is 5. The maximum atomic E-state index is 12.8. The van der Waals surface area contributed by atoms with E-state index in [2.05, 4.69) is 16.0 Å². The van der Waals surface area contributed by atoms with Crippen LogP contribution in [0, 0.1) is 11.3 Å². The molecule has 0 aliphatic rings. The summed E-state index contributed by atoms with van der Waals surface area (Å²) in [5.74, 6) is 0. The second-order valence-electron chi connectivity index (χ2n) is 4.60. The SMILES string of the molecule is CCn1cnc2c(=O)n(-c3ccc(C#N)cc3)c(SC)nc21. The topological polar surface area (TPSA) is 76.5 Å². The molecule has 110 valence electrons. The highest BCUT2D eigenvalue weighted by Crippen LogP contribution is 2.19. The lowest BCUT2D eigenvalue weighted by atomic mass is 10.2. The van der Waals surface area contributed by atoms with Crippen molar-refractivity contribution in [1.29, 1.82) is 5.26 Å². The molecule has 0 bridgehead atoms. The molecule has 0 aliphatic heterocycles. The standard InChI is InChI=1S/C15H13N5OS/c1-3-19-9-17-12-13(19)18-15(22-2)20(14(12)21)11-6-4-10(8-16)5-7-11/h4-7,9H,3H2,1-2H3. The molecule has 0 aliphatic carbocycles. The van der Waals surface area contributed by atoms with Crippen molar-refractivity contribution in [3.8, 4) is 11.8 Å². The highest BCUT2D eigenvalue weighted by Gasteiger charge is 2.15. The van der Waals surface area contributed by atoms with Crippen LogP contribution < -0.4 is 5.56 Å². The predicted octanol–water partition coefficient (Wildman–Crippen LogP) is 2.20. The fourth-order valence-corrected chi connectivity index (χ4v) is 2.81. The third-order valence-corrected chi connectivity index (χ3v) is 4.03. The van der Waals surface area contributed by atoms with Crippen molar-refractivity contribution in [2.75, 3.05) is 6.26 Å². The molecular formula is C15H13N5OS. The zero-order valence-electron chi connectivity index (χ0n) is 12.1. The molecular weight excluding hydrogens is 298 g/mol. The second kappa shape index (κ2) is 5.66. The molecule has 0 fully saturated rings. The summed E-state index contributed by atoms with van der Waals surface area (Å²) in [6.07, 6.45) is 3.51. The van der Waals surface area contributed by atoms with Crippen LogP contribution in [0.25, 0.3) is 16.9 Å². The Morgan fingerprint density at radius 2 is 2.05 bits per heavy atom. The Balaban J connectivity index is 2.30. The van der Waals surface area contributed by atoms with E-state index in [0.717, 1.165) is 0 Å². The van der Waals surface area contributed by atoms with E-state index >= 15 is 0 Å². The van der Waals surface area contributed by atoms with Crippen molar-refractivity contribution in [2.24, 2.45) is 0 Å². The molecule has 2 aromatic heterocycles. The van der Waals surface area contributed by atoms with Crippen LogP contribution in [0.4, 0.5) is 0 Å². The number of benzene rings is 1. The van der Waals surface area contributed by atoms with Crippen molar-refractivity contribution in [2.45, 2.75) is 18.6 Å². The van der Waals surface area contributed by atoms with Gasteiger partial charge in [-0.05, 0) is 37.4 Å². The van der Waals surface area contributed by atoms with E-state index in [4.69, 9.17) is 5.26 Å². The first-order valence-electron chi connectivity index (χ1n) is 6.72. The maximum absolute atomic E-state index is 12.8. The van der Waals surface area contributed by atoms with E-state index in [1.165, 1.54) is 16.3 Å². The first-order chi connectivity index (χ1) is 10.7. The highest BCUT2D eigenvalue weighted by atomic mass is 32.2. The Morgan fingerprint density at radius 1 is 1.32 bits per heavy atom. The summed E-state index contributed by atoms with van der Waals surface area (Å²) in [7, 11) is 0. The Kier molecular flexibility index (Phi) is 3.69. The molecule has 0 saturated heterocycles. The van der Waals surface area contributed by atoms with Gasteiger partial charge in [0.15, 0.2) is 16.3 Å². The van der Waals surface area contributed by atoms with E-state index in [-0.39, 0.29) is 5.56 Å². The summed E-state index contributed by atoms with van der Waals surface area (Å²) in [6.45, 7) is 2.69. The minimum absolute atomic E-state index is 0.203. The Bertz CT molecular complexity index is 933. The molecule has 0 radical (unpaired) electrons. The average Bonchev–Trinajstić information content (AvgIpc) is 2.98. The van der Waals surface area contributed by atoms with Gasteiger partial charge in [-0.15, -0.1) is 0 Å². The number of fused-ring (bicyclic) bond motifs is 1. The van der Waals surface area contributed by atoms with Gasteiger partial charge >= 0.3 is 0 Å². The number of rotatable bonds is 3. The second-order valence-corrected chi connectivity index (χ2v) is 5.37. The van der Waals surface area contributed by atoms with Crippen LogP contribution in [0.1, 0.15) is 12.5 Å². The van der Waals surface area contributed by atoms with Gasteiger partial charge in [-0.2, -0.15) is 5.26 Å². The van der Waals surface area contributed by atoms with E-state index in [1.807, 2.05) is 17.7 Å². The monoisotopic (exact) mass is 311 g/mol. The number of aryl methyl sites for hydroxylation is 1. The van der Waals surface area contributed by atoms with E-state index in [1.54, 1.807) is 30.6 Å². The average molecular weight is 311 g/mol.